The zero-order valence-corrected chi connectivity index (χ0v) is 14.1. The Bertz CT molecular complexity index is 681. The highest BCUT2D eigenvalue weighted by Crippen LogP contribution is 2.45. The van der Waals surface area contributed by atoms with Gasteiger partial charge < -0.3 is 4.90 Å². The smallest absolute Gasteiger partial charge is 0.265 e. The number of allylic oxidation sites excluding steroid dienone is 2. The molecule has 1 aromatic rings. The average Bonchev–Trinajstić information content (AvgIpc) is 2.97. The summed E-state index contributed by atoms with van der Waals surface area (Å²) in [6.45, 7) is 3.03. The van der Waals surface area contributed by atoms with Gasteiger partial charge in [0.05, 0.1) is 15.6 Å². The van der Waals surface area contributed by atoms with Crippen LogP contribution in [0.15, 0.2) is 51.2 Å². The first kappa shape index (κ1) is 14.7. The first-order valence-electron chi connectivity index (χ1n) is 6.58. The molecule has 0 aromatic heterocycles. The van der Waals surface area contributed by atoms with Gasteiger partial charge in [-0.3, -0.25) is 9.69 Å². The maximum atomic E-state index is 12.0. The lowest BCUT2D eigenvalue weighted by Gasteiger charge is -2.17. The number of hydrogen-bond acceptors (Lipinski definition) is 5. The predicted molar refractivity (Wildman–Crippen MR) is 94.4 cm³/mol. The number of benzene rings is 1. The average molecular weight is 334 g/mol. The number of nitrogens with zero attached hydrogens (tertiary/aromatic N) is 2. The van der Waals surface area contributed by atoms with Gasteiger partial charge in [0, 0.05) is 18.5 Å². The van der Waals surface area contributed by atoms with E-state index in [0.29, 0.717) is 9.23 Å². The van der Waals surface area contributed by atoms with Crippen molar-refractivity contribution in [2.24, 2.45) is 0 Å². The Kier molecular flexibility index (Phi) is 4.10. The van der Waals surface area contributed by atoms with Gasteiger partial charge in [-0.25, -0.2) is 0 Å². The Hall–Kier alpha value is -1.24. The second-order valence-electron chi connectivity index (χ2n) is 4.58. The first-order chi connectivity index (χ1) is 10.1. The third-order valence-corrected chi connectivity index (χ3v) is 5.95. The number of para-hydroxylation sites is 1. The molecule has 1 fully saturated rings. The number of anilines is 1. The fourth-order valence-electron chi connectivity index (χ4n) is 2.21. The quantitative estimate of drug-likeness (QED) is 0.604. The molecular formula is C15H14N2OS3. The summed E-state index contributed by atoms with van der Waals surface area (Å²) in [6.07, 6.45) is 3.88. The molecule has 0 aliphatic carbocycles. The van der Waals surface area contributed by atoms with Crippen molar-refractivity contribution >= 4 is 51.7 Å². The van der Waals surface area contributed by atoms with Gasteiger partial charge in [0.1, 0.15) is 4.32 Å². The molecule has 2 aliphatic heterocycles. The molecule has 3 rings (SSSR count). The van der Waals surface area contributed by atoms with E-state index in [0.717, 1.165) is 11.6 Å². The molecule has 0 unspecified atom stereocenters. The molecule has 1 saturated heterocycles. The standard InChI is InChI=1S/C15H14N2OS3/c1-3-17-10-6-4-5-7-11(10)20-13(17)9-8-12-14(18)16(2)15(19)21-12/h4-9H,3H2,1-2H3/b12-8+,13-9+. The minimum Gasteiger partial charge on any atom is -0.335 e. The molecule has 0 bridgehead atoms. The monoisotopic (exact) mass is 334 g/mol. The Morgan fingerprint density at radius 3 is 2.67 bits per heavy atom. The van der Waals surface area contributed by atoms with Crippen LogP contribution in [0.25, 0.3) is 0 Å². The van der Waals surface area contributed by atoms with Crippen LogP contribution in [0.3, 0.4) is 0 Å². The van der Waals surface area contributed by atoms with Crippen LogP contribution in [-0.4, -0.2) is 28.7 Å². The number of hydrogen-bond donors (Lipinski definition) is 0. The van der Waals surface area contributed by atoms with Crippen LogP contribution in [0.4, 0.5) is 5.69 Å². The van der Waals surface area contributed by atoms with Crippen LogP contribution < -0.4 is 4.90 Å². The summed E-state index contributed by atoms with van der Waals surface area (Å²) < 4.78 is 0.611. The maximum absolute atomic E-state index is 12.0. The summed E-state index contributed by atoms with van der Waals surface area (Å²) in [7, 11) is 1.71. The fourth-order valence-corrected chi connectivity index (χ4v) is 4.46. The molecule has 0 spiro atoms. The summed E-state index contributed by atoms with van der Waals surface area (Å²) >= 11 is 8.22. The van der Waals surface area contributed by atoms with E-state index in [2.05, 4.69) is 24.0 Å². The molecule has 1 aromatic carbocycles. The topological polar surface area (TPSA) is 23.6 Å². The highest BCUT2D eigenvalue weighted by molar-refractivity contribution is 8.26. The first-order valence-corrected chi connectivity index (χ1v) is 8.62. The highest BCUT2D eigenvalue weighted by atomic mass is 32.2. The van der Waals surface area contributed by atoms with E-state index in [4.69, 9.17) is 12.2 Å². The summed E-state index contributed by atoms with van der Waals surface area (Å²) in [6, 6.07) is 8.34. The van der Waals surface area contributed by atoms with Crippen LogP contribution in [0.2, 0.25) is 0 Å². The van der Waals surface area contributed by atoms with Crippen molar-refractivity contribution in [3.8, 4) is 0 Å². The van der Waals surface area contributed by atoms with Gasteiger partial charge in [0.2, 0.25) is 0 Å². The summed E-state index contributed by atoms with van der Waals surface area (Å²) in [5, 5.41) is 1.14. The number of rotatable bonds is 2. The molecule has 2 heterocycles. The number of fused-ring (bicyclic) bond motifs is 1. The van der Waals surface area contributed by atoms with Crippen LogP contribution >= 0.6 is 35.7 Å². The normalized spacial score (nSPS) is 21.8. The third-order valence-electron chi connectivity index (χ3n) is 3.32. The van der Waals surface area contributed by atoms with Gasteiger partial charge in [-0.2, -0.15) is 0 Å². The molecule has 1 amide bonds. The molecule has 3 nitrogen and oxygen atoms in total. The van der Waals surface area contributed by atoms with Gasteiger partial charge in [0.15, 0.2) is 0 Å². The molecule has 0 saturated carbocycles. The Morgan fingerprint density at radius 2 is 2.00 bits per heavy atom. The second kappa shape index (κ2) is 5.87. The molecule has 21 heavy (non-hydrogen) atoms. The van der Waals surface area contributed by atoms with Crippen LogP contribution in [-0.2, 0) is 4.79 Å². The van der Waals surface area contributed by atoms with Gasteiger partial charge in [-0.1, -0.05) is 47.9 Å². The van der Waals surface area contributed by atoms with Crippen molar-refractivity contribution in [2.75, 3.05) is 18.5 Å². The SMILES string of the molecule is CCN1/C(=C\C=C2\SC(=S)N(C)C2=O)Sc2ccccc21. The molecule has 2 aliphatic rings. The minimum absolute atomic E-state index is 0.0228. The number of thioether (sulfide) groups is 2. The lowest BCUT2D eigenvalue weighted by molar-refractivity contribution is -0.121. The Labute approximate surface area is 138 Å². The van der Waals surface area contributed by atoms with Crippen LogP contribution in [0, 0.1) is 0 Å². The second-order valence-corrected chi connectivity index (χ2v) is 7.32. The van der Waals surface area contributed by atoms with Gasteiger partial charge >= 0.3 is 0 Å². The summed E-state index contributed by atoms with van der Waals surface area (Å²) in [4.78, 5) is 17.7. The van der Waals surface area contributed by atoms with Crippen molar-refractivity contribution in [1.29, 1.82) is 0 Å². The van der Waals surface area contributed by atoms with Crippen molar-refractivity contribution in [1.82, 2.24) is 4.90 Å². The number of amides is 1. The number of carbonyl (C=O) groups excluding carboxylic acids is 1. The molecule has 6 heteroatoms. The zero-order chi connectivity index (χ0) is 15.0. The minimum atomic E-state index is -0.0228. The van der Waals surface area contributed by atoms with Crippen molar-refractivity contribution in [2.45, 2.75) is 11.8 Å². The van der Waals surface area contributed by atoms with E-state index >= 15 is 0 Å². The third kappa shape index (κ3) is 2.63. The van der Waals surface area contributed by atoms with Gasteiger partial charge in [-0.05, 0) is 31.2 Å². The fraction of sp³-hybridized carbons (Fsp3) is 0.200. The van der Waals surface area contributed by atoms with Crippen LogP contribution in [0.1, 0.15) is 6.92 Å². The molecule has 0 atom stereocenters. The summed E-state index contributed by atoms with van der Waals surface area (Å²) in [5.74, 6) is -0.0228. The van der Waals surface area contributed by atoms with Gasteiger partial charge in [-0.15, -0.1) is 0 Å². The van der Waals surface area contributed by atoms with E-state index in [9.17, 15) is 4.79 Å². The van der Waals surface area contributed by atoms with E-state index in [1.54, 1.807) is 18.8 Å². The summed E-state index contributed by atoms with van der Waals surface area (Å²) in [5.41, 5.74) is 1.23. The molecular weight excluding hydrogens is 320 g/mol. The Balaban J connectivity index is 1.89. The van der Waals surface area contributed by atoms with Gasteiger partial charge in [0.25, 0.3) is 5.91 Å². The van der Waals surface area contributed by atoms with E-state index in [1.165, 1.54) is 27.2 Å². The van der Waals surface area contributed by atoms with E-state index in [1.807, 2.05) is 24.3 Å². The molecule has 0 N–H and O–H groups in total. The number of thiocarbonyl (C=S) groups is 1. The van der Waals surface area contributed by atoms with Crippen molar-refractivity contribution < 1.29 is 4.79 Å². The highest BCUT2D eigenvalue weighted by Gasteiger charge is 2.29. The Morgan fingerprint density at radius 1 is 1.24 bits per heavy atom. The van der Waals surface area contributed by atoms with Crippen molar-refractivity contribution in [3.05, 3.63) is 46.4 Å². The molecule has 108 valence electrons. The van der Waals surface area contributed by atoms with Crippen LogP contribution in [0.5, 0.6) is 0 Å². The predicted octanol–water partition coefficient (Wildman–Crippen LogP) is 3.83. The number of carbonyl (C=O) groups is 1. The zero-order valence-electron chi connectivity index (χ0n) is 11.7. The largest absolute Gasteiger partial charge is 0.335 e. The van der Waals surface area contributed by atoms with E-state index in [-0.39, 0.29) is 5.91 Å². The van der Waals surface area contributed by atoms with Crippen molar-refractivity contribution in [3.63, 3.8) is 0 Å². The number of likely N-dealkylation sites (N-methyl/N-ethyl adjacent to an activating group) is 1. The lowest BCUT2D eigenvalue weighted by atomic mass is 10.3. The van der Waals surface area contributed by atoms with E-state index < -0.39 is 0 Å². The maximum Gasteiger partial charge on any atom is 0.265 e. The molecule has 0 radical (unpaired) electrons. The lowest BCUT2D eigenvalue weighted by Crippen LogP contribution is -2.22.